The van der Waals surface area contributed by atoms with Gasteiger partial charge in [-0.15, -0.1) is 0 Å². The molecule has 10 nitrogen and oxygen atoms in total. The number of hydrogen-bond donors (Lipinski definition) is 2. The number of benzene rings is 2. The zero-order chi connectivity index (χ0) is 25.5. The Morgan fingerprint density at radius 3 is 2.22 bits per heavy atom. The van der Waals surface area contributed by atoms with Gasteiger partial charge >= 0.3 is 0 Å². The first-order valence-electron chi connectivity index (χ1n) is 12.4. The molecule has 192 valence electrons. The molecule has 3 heterocycles. The van der Waals surface area contributed by atoms with E-state index in [-0.39, 0.29) is 0 Å². The van der Waals surface area contributed by atoms with Gasteiger partial charge in [0.2, 0.25) is 5.95 Å². The molecule has 2 saturated heterocycles. The number of nitrogens with zero attached hydrogens (tertiary/aromatic N) is 5. The van der Waals surface area contributed by atoms with E-state index in [9.17, 15) is 5.26 Å². The first-order valence-corrected chi connectivity index (χ1v) is 12.4. The highest BCUT2D eigenvalue weighted by atomic mass is 16.5. The van der Waals surface area contributed by atoms with Gasteiger partial charge in [-0.3, -0.25) is 0 Å². The molecule has 2 aliphatic heterocycles. The van der Waals surface area contributed by atoms with Crippen molar-refractivity contribution >= 4 is 28.7 Å². The van der Waals surface area contributed by atoms with Crippen LogP contribution in [0.25, 0.3) is 0 Å². The summed E-state index contributed by atoms with van der Waals surface area (Å²) in [6, 6.07) is 15.9. The van der Waals surface area contributed by atoms with Gasteiger partial charge in [0, 0.05) is 61.2 Å². The molecular formula is C27H31N7O3. The van der Waals surface area contributed by atoms with Gasteiger partial charge in [-0.25, -0.2) is 9.97 Å². The molecule has 1 aromatic heterocycles. The number of anilines is 5. The zero-order valence-electron chi connectivity index (χ0n) is 20.9. The first-order chi connectivity index (χ1) is 18.2. The summed E-state index contributed by atoms with van der Waals surface area (Å²) in [6.07, 6.45) is 1.75. The highest BCUT2D eigenvalue weighted by Gasteiger charge is 2.17. The largest absolute Gasteiger partial charge is 0.495 e. The highest BCUT2D eigenvalue weighted by Crippen LogP contribution is 2.30. The number of methoxy groups -OCH3 is 1. The van der Waals surface area contributed by atoms with Crippen molar-refractivity contribution in [1.82, 2.24) is 9.97 Å². The maximum atomic E-state index is 9.19. The molecule has 0 unspecified atom stereocenters. The van der Waals surface area contributed by atoms with Crippen molar-refractivity contribution in [2.45, 2.75) is 6.54 Å². The lowest BCUT2D eigenvalue weighted by Gasteiger charge is -2.33. The second-order valence-corrected chi connectivity index (χ2v) is 8.81. The fourth-order valence-corrected chi connectivity index (χ4v) is 4.45. The van der Waals surface area contributed by atoms with Crippen LogP contribution in [0.15, 0.2) is 48.7 Å². The molecule has 2 N–H and O–H groups in total. The smallest absolute Gasteiger partial charge is 0.227 e. The van der Waals surface area contributed by atoms with E-state index < -0.39 is 0 Å². The minimum Gasteiger partial charge on any atom is -0.495 e. The summed E-state index contributed by atoms with van der Waals surface area (Å²) >= 11 is 0. The third-order valence-electron chi connectivity index (χ3n) is 6.42. The maximum absolute atomic E-state index is 9.19. The van der Waals surface area contributed by atoms with Crippen LogP contribution in [0.1, 0.15) is 11.3 Å². The van der Waals surface area contributed by atoms with E-state index in [1.54, 1.807) is 19.4 Å². The van der Waals surface area contributed by atoms with Gasteiger partial charge in [0.15, 0.2) is 0 Å². The van der Waals surface area contributed by atoms with Crippen LogP contribution >= 0.6 is 0 Å². The summed E-state index contributed by atoms with van der Waals surface area (Å²) in [7, 11) is 1.56. The van der Waals surface area contributed by atoms with Crippen molar-refractivity contribution in [3.63, 3.8) is 0 Å². The SMILES string of the molecule is COc1cc(NCc2ccnc(Nc3cc(N4CCOCC4)cc(N4CCOCC4)c3)n2)ccc1C#N. The fourth-order valence-electron chi connectivity index (χ4n) is 4.45. The molecule has 0 bridgehead atoms. The Hall–Kier alpha value is -4.07. The molecule has 5 rings (SSSR count). The minimum absolute atomic E-state index is 0.498. The number of aromatic nitrogens is 2. The number of hydrogen-bond acceptors (Lipinski definition) is 10. The average Bonchev–Trinajstić information content (AvgIpc) is 2.97. The number of morpholine rings is 2. The summed E-state index contributed by atoms with van der Waals surface area (Å²) in [6.45, 7) is 6.88. The molecule has 0 amide bonds. The standard InChI is InChI=1S/C27H31N7O3/c1-35-26-16-21(3-2-20(26)18-28)30-19-22-4-5-29-27(31-22)32-23-14-24(33-6-10-36-11-7-33)17-25(15-23)34-8-12-37-13-9-34/h2-5,14-17,30H,6-13,19H2,1H3,(H,29,31,32). The molecule has 2 fully saturated rings. The number of rotatable bonds is 8. The molecule has 0 spiro atoms. The van der Waals surface area contributed by atoms with Crippen LogP contribution in [0.5, 0.6) is 5.75 Å². The molecule has 0 atom stereocenters. The van der Waals surface area contributed by atoms with E-state index in [2.05, 4.69) is 49.7 Å². The molecular weight excluding hydrogens is 470 g/mol. The molecule has 3 aromatic rings. The van der Waals surface area contributed by atoms with Crippen molar-refractivity contribution in [3.8, 4) is 11.8 Å². The maximum Gasteiger partial charge on any atom is 0.227 e. The van der Waals surface area contributed by atoms with Gasteiger partial charge in [-0.05, 0) is 36.4 Å². The first kappa shape index (κ1) is 24.6. The molecule has 0 saturated carbocycles. The lowest BCUT2D eigenvalue weighted by atomic mass is 10.2. The second kappa shape index (κ2) is 11.8. The average molecular weight is 502 g/mol. The third kappa shape index (κ3) is 6.20. The lowest BCUT2D eigenvalue weighted by molar-refractivity contribution is 0.122. The van der Waals surface area contributed by atoms with Gasteiger partial charge in [0.1, 0.15) is 11.8 Å². The van der Waals surface area contributed by atoms with Crippen LogP contribution in [0, 0.1) is 11.3 Å². The van der Waals surface area contributed by atoms with E-state index in [1.165, 1.54) is 0 Å². The number of nitriles is 1. The summed E-state index contributed by atoms with van der Waals surface area (Å²) in [5, 5.41) is 15.9. The van der Waals surface area contributed by atoms with Crippen molar-refractivity contribution in [2.75, 3.05) is 80.1 Å². The monoisotopic (exact) mass is 501 g/mol. The van der Waals surface area contributed by atoms with Crippen LogP contribution in [0.3, 0.4) is 0 Å². The fraction of sp³-hybridized carbons (Fsp3) is 0.370. The molecule has 0 aliphatic carbocycles. The number of nitrogens with one attached hydrogen (secondary N) is 2. The predicted molar refractivity (Wildman–Crippen MR) is 143 cm³/mol. The lowest BCUT2D eigenvalue weighted by Crippen LogP contribution is -2.38. The summed E-state index contributed by atoms with van der Waals surface area (Å²) in [5.74, 6) is 1.07. The zero-order valence-corrected chi connectivity index (χ0v) is 20.9. The van der Waals surface area contributed by atoms with Crippen LogP contribution in [0.4, 0.5) is 28.7 Å². The van der Waals surface area contributed by atoms with Crippen molar-refractivity contribution in [3.05, 3.63) is 59.9 Å². The van der Waals surface area contributed by atoms with Gasteiger partial charge in [0.05, 0.1) is 51.3 Å². The summed E-state index contributed by atoms with van der Waals surface area (Å²) in [5.41, 5.74) is 5.42. The summed E-state index contributed by atoms with van der Waals surface area (Å²) < 4.78 is 16.4. The Bertz CT molecular complexity index is 1210. The van der Waals surface area contributed by atoms with Gasteiger partial charge in [-0.1, -0.05) is 0 Å². The minimum atomic E-state index is 0.498. The van der Waals surface area contributed by atoms with Gasteiger partial charge in [-0.2, -0.15) is 5.26 Å². The topological polar surface area (TPSA) is 108 Å². The normalized spacial score (nSPS) is 15.7. The van der Waals surface area contributed by atoms with Crippen LogP contribution in [0.2, 0.25) is 0 Å². The van der Waals surface area contributed by atoms with E-state index in [4.69, 9.17) is 19.2 Å². The van der Waals surface area contributed by atoms with Crippen LogP contribution in [-0.2, 0) is 16.0 Å². The molecule has 0 radical (unpaired) electrons. The predicted octanol–water partition coefficient (Wildman–Crippen LogP) is 3.39. The Balaban J connectivity index is 1.33. The second-order valence-electron chi connectivity index (χ2n) is 8.81. The van der Waals surface area contributed by atoms with Gasteiger partial charge in [0.25, 0.3) is 0 Å². The Morgan fingerprint density at radius 1 is 0.919 bits per heavy atom. The number of ether oxygens (including phenoxy) is 3. The summed E-state index contributed by atoms with van der Waals surface area (Å²) in [4.78, 5) is 13.9. The van der Waals surface area contributed by atoms with Crippen LogP contribution < -0.4 is 25.2 Å². The van der Waals surface area contributed by atoms with Crippen molar-refractivity contribution < 1.29 is 14.2 Å². The third-order valence-corrected chi connectivity index (χ3v) is 6.42. The van der Waals surface area contributed by atoms with E-state index in [0.717, 1.165) is 81.1 Å². The van der Waals surface area contributed by atoms with Crippen LogP contribution in [-0.4, -0.2) is 69.7 Å². The highest BCUT2D eigenvalue weighted by molar-refractivity contribution is 5.71. The molecule has 2 aromatic carbocycles. The molecule has 37 heavy (non-hydrogen) atoms. The molecule has 2 aliphatic rings. The van der Waals surface area contributed by atoms with Crippen molar-refractivity contribution in [1.29, 1.82) is 5.26 Å². The van der Waals surface area contributed by atoms with E-state index in [0.29, 0.717) is 23.8 Å². The van der Waals surface area contributed by atoms with Crippen molar-refractivity contribution in [2.24, 2.45) is 0 Å². The quantitative estimate of drug-likeness (QED) is 0.477. The van der Waals surface area contributed by atoms with E-state index >= 15 is 0 Å². The Kier molecular flexibility index (Phi) is 7.84. The van der Waals surface area contributed by atoms with E-state index in [1.807, 2.05) is 18.2 Å². The Labute approximate surface area is 216 Å². The van der Waals surface area contributed by atoms with Gasteiger partial charge < -0.3 is 34.6 Å². The molecule has 10 heteroatoms. The Morgan fingerprint density at radius 2 is 1.59 bits per heavy atom.